The van der Waals surface area contributed by atoms with Crippen molar-refractivity contribution in [2.75, 3.05) is 19.1 Å². The molecule has 3 aromatic rings. The second kappa shape index (κ2) is 10.5. The van der Waals surface area contributed by atoms with Crippen molar-refractivity contribution in [3.63, 3.8) is 0 Å². The van der Waals surface area contributed by atoms with Crippen LogP contribution in [0.3, 0.4) is 0 Å². The maximum absolute atomic E-state index is 13.9. The van der Waals surface area contributed by atoms with E-state index in [2.05, 4.69) is 0 Å². The first-order valence-electron chi connectivity index (χ1n) is 12.2. The Hall–Kier alpha value is -4.07. The van der Waals surface area contributed by atoms with E-state index >= 15 is 0 Å². The lowest BCUT2D eigenvalue weighted by Crippen LogP contribution is -2.46. The molecular formula is C29H33N3O5. The maximum atomic E-state index is 13.9. The number of non-ortho nitro benzene ring substituents is 1. The standard InChI is InChI=1S/C29H33N3O5/c1-29(2,3)37-25-13-6-20(7-14-25)16-27-28(33)31(18-21-8-11-24(36-5)12-9-21)19-22-17-23(32(34)35)10-15-26(22)30(27)4/h6-15,17,27H,16,18-19H2,1-5H3/t27-/m0/s1. The van der Waals surface area contributed by atoms with Crippen LogP contribution in [0.1, 0.15) is 37.5 Å². The molecule has 4 rings (SSSR count). The molecule has 1 amide bonds. The van der Waals surface area contributed by atoms with E-state index in [-0.39, 0.29) is 23.7 Å². The van der Waals surface area contributed by atoms with Crippen molar-refractivity contribution >= 4 is 17.3 Å². The largest absolute Gasteiger partial charge is 0.497 e. The van der Waals surface area contributed by atoms with Gasteiger partial charge in [-0.1, -0.05) is 24.3 Å². The predicted octanol–water partition coefficient (Wildman–Crippen LogP) is 5.37. The van der Waals surface area contributed by atoms with Gasteiger partial charge in [0, 0.05) is 49.9 Å². The van der Waals surface area contributed by atoms with Crippen LogP contribution in [-0.4, -0.2) is 41.5 Å². The lowest BCUT2D eigenvalue weighted by Gasteiger charge is -2.30. The molecule has 8 heteroatoms. The van der Waals surface area contributed by atoms with Crippen molar-refractivity contribution in [3.05, 3.63) is 93.5 Å². The normalized spacial score (nSPS) is 15.7. The van der Waals surface area contributed by atoms with Gasteiger partial charge in [0.15, 0.2) is 0 Å². The first-order chi connectivity index (χ1) is 17.5. The minimum Gasteiger partial charge on any atom is -0.497 e. The Morgan fingerprint density at radius 3 is 2.19 bits per heavy atom. The van der Waals surface area contributed by atoms with Gasteiger partial charge in [-0.15, -0.1) is 0 Å². The monoisotopic (exact) mass is 503 g/mol. The molecule has 1 aliphatic heterocycles. The average Bonchev–Trinajstić information content (AvgIpc) is 2.95. The number of hydrogen-bond donors (Lipinski definition) is 0. The highest BCUT2D eigenvalue weighted by molar-refractivity contribution is 5.87. The van der Waals surface area contributed by atoms with Crippen molar-refractivity contribution in [2.45, 2.75) is 51.9 Å². The highest BCUT2D eigenvalue weighted by Crippen LogP contribution is 2.33. The number of amides is 1. The van der Waals surface area contributed by atoms with Crippen molar-refractivity contribution in [3.8, 4) is 11.5 Å². The summed E-state index contributed by atoms with van der Waals surface area (Å²) in [5.74, 6) is 1.48. The molecule has 1 atom stereocenters. The van der Waals surface area contributed by atoms with Gasteiger partial charge in [-0.25, -0.2) is 0 Å². The van der Waals surface area contributed by atoms with Gasteiger partial charge in [0.1, 0.15) is 23.1 Å². The molecule has 0 saturated heterocycles. The number of anilines is 1. The highest BCUT2D eigenvalue weighted by Gasteiger charge is 2.34. The molecule has 0 unspecified atom stereocenters. The van der Waals surface area contributed by atoms with Crippen LogP contribution >= 0.6 is 0 Å². The van der Waals surface area contributed by atoms with Crippen LogP contribution in [-0.2, 0) is 24.3 Å². The van der Waals surface area contributed by atoms with Gasteiger partial charge in [-0.2, -0.15) is 0 Å². The number of nitro benzene ring substituents is 1. The third-order valence-electron chi connectivity index (χ3n) is 6.39. The molecule has 0 aliphatic carbocycles. The van der Waals surface area contributed by atoms with Crippen LogP contribution in [0.4, 0.5) is 11.4 Å². The van der Waals surface area contributed by atoms with E-state index in [1.165, 1.54) is 6.07 Å². The third kappa shape index (κ3) is 6.20. The van der Waals surface area contributed by atoms with Gasteiger partial charge in [0.05, 0.1) is 12.0 Å². The van der Waals surface area contributed by atoms with Crippen LogP contribution < -0.4 is 14.4 Å². The fourth-order valence-electron chi connectivity index (χ4n) is 4.56. The zero-order chi connectivity index (χ0) is 26.7. The van der Waals surface area contributed by atoms with Crippen molar-refractivity contribution in [1.29, 1.82) is 0 Å². The number of methoxy groups -OCH3 is 1. The molecule has 37 heavy (non-hydrogen) atoms. The molecule has 3 aromatic carbocycles. The van der Waals surface area contributed by atoms with E-state index in [9.17, 15) is 14.9 Å². The van der Waals surface area contributed by atoms with Crippen molar-refractivity contribution in [2.24, 2.45) is 0 Å². The lowest BCUT2D eigenvalue weighted by molar-refractivity contribution is -0.384. The van der Waals surface area contributed by atoms with Gasteiger partial charge in [0.25, 0.3) is 5.69 Å². The summed E-state index contributed by atoms with van der Waals surface area (Å²) in [6, 6.07) is 19.7. The molecule has 0 bridgehead atoms. The molecule has 0 saturated carbocycles. The summed E-state index contributed by atoms with van der Waals surface area (Å²) in [7, 11) is 3.49. The SMILES string of the molecule is COc1ccc(CN2Cc3cc([N+](=O)[O-])ccc3N(C)[C@@H](Cc3ccc(OC(C)(C)C)cc3)C2=O)cc1. The van der Waals surface area contributed by atoms with Crippen LogP contribution in [0.2, 0.25) is 0 Å². The molecule has 0 radical (unpaired) electrons. The number of fused-ring (bicyclic) bond motifs is 1. The third-order valence-corrected chi connectivity index (χ3v) is 6.39. The summed E-state index contributed by atoms with van der Waals surface area (Å²) in [5, 5.41) is 11.5. The van der Waals surface area contributed by atoms with Crippen molar-refractivity contribution < 1.29 is 19.2 Å². The Morgan fingerprint density at radius 1 is 0.973 bits per heavy atom. The zero-order valence-corrected chi connectivity index (χ0v) is 21.9. The number of likely N-dealkylation sites (N-methyl/N-ethyl adjacent to an activating group) is 1. The Bertz CT molecular complexity index is 1270. The number of rotatable bonds is 7. The fourth-order valence-corrected chi connectivity index (χ4v) is 4.56. The second-order valence-corrected chi connectivity index (χ2v) is 10.3. The number of carbonyl (C=O) groups excluding carboxylic acids is 1. The van der Waals surface area contributed by atoms with Crippen molar-refractivity contribution in [1.82, 2.24) is 4.90 Å². The topological polar surface area (TPSA) is 85.2 Å². The molecule has 0 fully saturated rings. The number of carbonyl (C=O) groups is 1. The molecule has 194 valence electrons. The Morgan fingerprint density at radius 2 is 1.59 bits per heavy atom. The summed E-state index contributed by atoms with van der Waals surface area (Å²) < 4.78 is 11.2. The Kier molecular flexibility index (Phi) is 7.38. The molecule has 0 spiro atoms. The van der Waals surface area contributed by atoms with Gasteiger partial charge in [-0.3, -0.25) is 14.9 Å². The zero-order valence-electron chi connectivity index (χ0n) is 21.9. The number of benzene rings is 3. The lowest BCUT2D eigenvalue weighted by atomic mass is 10.0. The summed E-state index contributed by atoms with van der Waals surface area (Å²) in [5.41, 5.74) is 3.22. The van der Waals surface area contributed by atoms with E-state index in [0.717, 1.165) is 33.9 Å². The highest BCUT2D eigenvalue weighted by atomic mass is 16.6. The van der Waals surface area contributed by atoms with E-state index in [1.807, 2.05) is 81.2 Å². The Balaban J connectivity index is 1.66. The summed E-state index contributed by atoms with van der Waals surface area (Å²) >= 11 is 0. The second-order valence-electron chi connectivity index (χ2n) is 10.3. The van der Waals surface area contributed by atoms with Gasteiger partial charge in [0.2, 0.25) is 5.91 Å². The number of nitrogens with zero attached hydrogens (tertiary/aromatic N) is 3. The predicted molar refractivity (Wildman–Crippen MR) is 143 cm³/mol. The fraction of sp³-hybridized carbons (Fsp3) is 0.345. The minimum atomic E-state index is -0.477. The molecule has 0 N–H and O–H groups in total. The average molecular weight is 504 g/mol. The van der Waals surface area contributed by atoms with Gasteiger partial charge in [-0.05, 0) is 62.2 Å². The van der Waals surface area contributed by atoms with Gasteiger partial charge < -0.3 is 19.3 Å². The van der Waals surface area contributed by atoms with Crippen LogP contribution in [0, 0.1) is 10.1 Å². The van der Waals surface area contributed by atoms with E-state index in [1.54, 1.807) is 24.1 Å². The van der Waals surface area contributed by atoms with E-state index < -0.39 is 11.0 Å². The Labute approximate surface area is 217 Å². The summed E-state index contributed by atoms with van der Waals surface area (Å²) in [6.07, 6.45) is 0.487. The number of ether oxygens (including phenoxy) is 2. The van der Waals surface area contributed by atoms with Gasteiger partial charge >= 0.3 is 0 Å². The molecular weight excluding hydrogens is 470 g/mol. The quantitative estimate of drug-likeness (QED) is 0.318. The molecule has 1 heterocycles. The smallest absolute Gasteiger partial charge is 0.269 e. The summed E-state index contributed by atoms with van der Waals surface area (Å²) in [4.78, 5) is 28.7. The van der Waals surface area contributed by atoms with E-state index in [4.69, 9.17) is 9.47 Å². The van der Waals surface area contributed by atoms with Crippen LogP contribution in [0.25, 0.3) is 0 Å². The van der Waals surface area contributed by atoms with Crippen LogP contribution in [0.5, 0.6) is 11.5 Å². The first-order valence-corrected chi connectivity index (χ1v) is 12.2. The minimum absolute atomic E-state index is 0.0110. The summed E-state index contributed by atoms with van der Waals surface area (Å²) in [6.45, 7) is 6.66. The number of hydrogen-bond acceptors (Lipinski definition) is 6. The van der Waals surface area contributed by atoms with Crippen LogP contribution in [0.15, 0.2) is 66.7 Å². The number of nitro groups is 1. The van der Waals surface area contributed by atoms with E-state index in [0.29, 0.717) is 13.0 Å². The molecule has 0 aromatic heterocycles. The maximum Gasteiger partial charge on any atom is 0.269 e. The first kappa shape index (κ1) is 26.0. The molecule has 1 aliphatic rings. The molecule has 8 nitrogen and oxygen atoms in total.